The van der Waals surface area contributed by atoms with Gasteiger partial charge in [-0.2, -0.15) is 0 Å². The number of anilines is 1. The maximum Gasteiger partial charge on any atom is 0.299 e. The smallest absolute Gasteiger partial charge is 0.299 e. The number of nitrogens with two attached hydrogens (primary N) is 2. The van der Waals surface area contributed by atoms with Crippen LogP contribution in [-0.2, 0) is 9.59 Å². The Morgan fingerprint density at radius 1 is 1.40 bits per heavy atom. The fourth-order valence-electron chi connectivity index (χ4n) is 1.87. The second kappa shape index (κ2) is 4.70. The predicted octanol–water partition coefficient (Wildman–Crippen LogP) is -1.06. The summed E-state index contributed by atoms with van der Waals surface area (Å²) in [6.07, 6.45) is 0. The molecular formula is C11H10N4O5. The van der Waals surface area contributed by atoms with Crippen LogP contribution in [0.4, 0.5) is 11.4 Å². The third kappa shape index (κ3) is 2.10. The van der Waals surface area contributed by atoms with Gasteiger partial charge in [0, 0.05) is 12.1 Å². The Bertz CT molecular complexity index is 642. The van der Waals surface area contributed by atoms with E-state index in [1.54, 1.807) is 0 Å². The average molecular weight is 278 g/mol. The van der Waals surface area contributed by atoms with Crippen LogP contribution in [0.5, 0.6) is 0 Å². The first-order chi connectivity index (χ1) is 9.32. The zero-order chi connectivity index (χ0) is 15.0. The van der Waals surface area contributed by atoms with Gasteiger partial charge < -0.3 is 16.4 Å². The molecule has 0 bridgehead atoms. The van der Waals surface area contributed by atoms with E-state index in [1.165, 1.54) is 6.07 Å². The van der Waals surface area contributed by atoms with Gasteiger partial charge in [-0.1, -0.05) is 0 Å². The highest BCUT2D eigenvalue weighted by Crippen LogP contribution is 2.31. The third-order valence-electron chi connectivity index (χ3n) is 2.91. The summed E-state index contributed by atoms with van der Waals surface area (Å²) in [5.41, 5.74) is 10.3. The van der Waals surface area contributed by atoms with Gasteiger partial charge in [0.25, 0.3) is 17.4 Å². The maximum absolute atomic E-state index is 11.8. The number of fused-ring (bicyclic) bond motifs is 1. The summed E-state index contributed by atoms with van der Waals surface area (Å²) in [6.45, 7) is -0.259. The highest BCUT2D eigenvalue weighted by atomic mass is 16.6. The van der Waals surface area contributed by atoms with Crippen molar-refractivity contribution in [3.63, 3.8) is 0 Å². The Hall–Kier alpha value is -2.81. The molecule has 1 aliphatic heterocycles. The molecule has 0 saturated heterocycles. The largest absolute Gasteiger partial charge is 0.368 e. The Balaban J connectivity index is 2.41. The van der Waals surface area contributed by atoms with Crippen molar-refractivity contribution < 1.29 is 19.3 Å². The minimum Gasteiger partial charge on any atom is -0.368 e. The second-order valence-electron chi connectivity index (χ2n) is 4.21. The van der Waals surface area contributed by atoms with Gasteiger partial charge in [0.05, 0.1) is 22.7 Å². The van der Waals surface area contributed by atoms with Gasteiger partial charge in [-0.15, -0.1) is 0 Å². The average Bonchev–Trinajstić information content (AvgIpc) is 2.63. The van der Waals surface area contributed by atoms with E-state index in [9.17, 15) is 24.5 Å². The Kier molecular flexibility index (Phi) is 3.20. The molecule has 2 amide bonds. The maximum atomic E-state index is 11.8. The molecule has 9 heteroatoms. The van der Waals surface area contributed by atoms with Crippen LogP contribution in [0.1, 0.15) is 10.4 Å². The first-order valence-corrected chi connectivity index (χ1v) is 5.52. The molecule has 0 aliphatic carbocycles. The van der Waals surface area contributed by atoms with Crippen LogP contribution >= 0.6 is 0 Å². The lowest BCUT2D eigenvalue weighted by Crippen LogP contribution is -2.47. The van der Waals surface area contributed by atoms with Crippen molar-refractivity contribution in [2.75, 3.05) is 11.4 Å². The molecule has 2 rings (SSSR count). The topological polar surface area (TPSA) is 150 Å². The molecule has 4 N–H and O–H groups in total. The number of amides is 2. The molecule has 1 unspecified atom stereocenters. The molecule has 104 valence electrons. The number of Topliss-reactive ketones (excluding diaryl/α,β-unsaturated/α-hetero) is 1. The highest BCUT2D eigenvalue weighted by molar-refractivity contribution is 6.52. The van der Waals surface area contributed by atoms with E-state index in [0.29, 0.717) is 0 Å². The fraction of sp³-hybridized carbons (Fsp3) is 0.182. The normalized spacial score (nSPS) is 15.2. The first-order valence-electron chi connectivity index (χ1n) is 5.52. The quantitative estimate of drug-likeness (QED) is 0.407. The summed E-state index contributed by atoms with van der Waals surface area (Å²) < 4.78 is 0. The molecule has 9 nitrogen and oxygen atoms in total. The predicted molar refractivity (Wildman–Crippen MR) is 66.9 cm³/mol. The van der Waals surface area contributed by atoms with Crippen molar-refractivity contribution in [2.24, 2.45) is 11.5 Å². The summed E-state index contributed by atoms with van der Waals surface area (Å²) in [5, 5.41) is 10.7. The van der Waals surface area contributed by atoms with Crippen LogP contribution in [0.2, 0.25) is 0 Å². The van der Waals surface area contributed by atoms with Crippen molar-refractivity contribution >= 4 is 29.0 Å². The summed E-state index contributed by atoms with van der Waals surface area (Å²) in [4.78, 5) is 45.5. The van der Waals surface area contributed by atoms with Gasteiger partial charge in [-0.25, -0.2) is 0 Å². The van der Waals surface area contributed by atoms with Gasteiger partial charge in [-0.3, -0.25) is 24.5 Å². The zero-order valence-corrected chi connectivity index (χ0v) is 10.1. The number of nitrogens with zero attached hydrogens (tertiary/aromatic N) is 2. The lowest BCUT2D eigenvalue weighted by Gasteiger charge is -2.19. The molecule has 1 atom stereocenters. The molecule has 20 heavy (non-hydrogen) atoms. The van der Waals surface area contributed by atoms with E-state index < -0.39 is 28.6 Å². The molecular weight excluding hydrogens is 268 g/mol. The van der Waals surface area contributed by atoms with E-state index in [1.807, 2.05) is 0 Å². The minimum atomic E-state index is -1.13. The van der Waals surface area contributed by atoms with E-state index in [4.69, 9.17) is 11.5 Å². The minimum absolute atomic E-state index is 0.0825. The molecule has 0 radical (unpaired) electrons. The molecule has 1 heterocycles. The van der Waals surface area contributed by atoms with E-state index >= 15 is 0 Å². The Labute approximate surface area is 112 Å². The van der Waals surface area contributed by atoms with Gasteiger partial charge in [0.15, 0.2) is 0 Å². The van der Waals surface area contributed by atoms with Crippen molar-refractivity contribution in [3.05, 3.63) is 33.9 Å². The van der Waals surface area contributed by atoms with Crippen LogP contribution in [0.25, 0.3) is 0 Å². The molecule has 1 aromatic rings. The molecule has 0 fully saturated rings. The van der Waals surface area contributed by atoms with E-state index in [0.717, 1.165) is 17.0 Å². The summed E-state index contributed by atoms with van der Waals surface area (Å²) >= 11 is 0. The van der Waals surface area contributed by atoms with Gasteiger partial charge in [0.2, 0.25) is 5.91 Å². The number of primary amides is 1. The molecule has 1 aliphatic rings. The summed E-state index contributed by atoms with van der Waals surface area (Å²) in [5.74, 6) is -2.59. The lowest BCUT2D eigenvalue weighted by atomic mass is 10.1. The van der Waals surface area contributed by atoms with Crippen molar-refractivity contribution in [3.8, 4) is 0 Å². The summed E-state index contributed by atoms with van der Waals surface area (Å²) in [6, 6.07) is 2.32. The number of carbonyl (C=O) groups excluding carboxylic acids is 3. The van der Waals surface area contributed by atoms with Crippen LogP contribution in [0, 0.1) is 10.1 Å². The number of nitro benzene ring substituents is 1. The standard InChI is InChI=1S/C11H10N4O5/c12-7(10(13)17)4-14-8-2-1-5(15(19)20)3-6(8)9(16)11(14)18/h1-3,7H,4,12H2,(H2,13,17). The Morgan fingerprint density at radius 2 is 2.05 bits per heavy atom. The van der Waals surface area contributed by atoms with Crippen LogP contribution in [0.3, 0.4) is 0 Å². The van der Waals surface area contributed by atoms with Gasteiger partial charge >= 0.3 is 0 Å². The second-order valence-corrected chi connectivity index (χ2v) is 4.21. The van der Waals surface area contributed by atoms with Crippen molar-refractivity contribution in [1.82, 2.24) is 0 Å². The number of nitro groups is 1. The first kappa shape index (κ1) is 13.6. The van der Waals surface area contributed by atoms with Crippen LogP contribution in [0.15, 0.2) is 18.2 Å². The fourth-order valence-corrected chi connectivity index (χ4v) is 1.87. The van der Waals surface area contributed by atoms with Gasteiger partial charge in [-0.05, 0) is 6.07 Å². The number of non-ortho nitro benzene ring substituents is 1. The van der Waals surface area contributed by atoms with Crippen molar-refractivity contribution in [1.29, 1.82) is 0 Å². The number of ketones is 1. The van der Waals surface area contributed by atoms with Crippen LogP contribution < -0.4 is 16.4 Å². The number of hydrogen-bond donors (Lipinski definition) is 2. The zero-order valence-electron chi connectivity index (χ0n) is 10.1. The molecule has 0 aromatic heterocycles. The SMILES string of the molecule is NC(=O)C(N)CN1C(=O)C(=O)c2cc([N+](=O)[O-])ccc21. The molecule has 0 spiro atoms. The lowest BCUT2D eigenvalue weighted by molar-refractivity contribution is -0.384. The Morgan fingerprint density at radius 3 is 2.60 bits per heavy atom. The number of hydrogen-bond acceptors (Lipinski definition) is 6. The van der Waals surface area contributed by atoms with E-state index in [2.05, 4.69) is 0 Å². The monoisotopic (exact) mass is 278 g/mol. The molecule has 0 saturated carbocycles. The molecule has 1 aromatic carbocycles. The van der Waals surface area contributed by atoms with Gasteiger partial charge in [0.1, 0.15) is 6.04 Å². The number of rotatable bonds is 4. The highest BCUT2D eigenvalue weighted by Gasteiger charge is 2.38. The van der Waals surface area contributed by atoms with Crippen molar-refractivity contribution in [2.45, 2.75) is 6.04 Å². The third-order valence-corrected chi connectivity index (χ3v) is 2.91. The van der Waals surface area contributed by atoms with Crippen LogP contribution in [-0.4, -0.2) is 35.1 Å². The van der Waals surface area contributed by atoms with E-state index in [-0.39, 0.29) is 23.5 Å². The number of benzene rings is 1. The number of carbonyl (C=O) groups is 3. The summed E-state index contributed by atoms with van der Waals surface area (Å²) in [7, 11) is 0.